The Hall–Kier alpha value is -2.80. The maximum atomic E-state index is 12.3. The van der Waals surface area contributed by atoms with E-state index in [0.29, 0.717) is 6.54 Å². The summed E-state index contributed by atoms with van der Waals surface area (Å²) in [4.78, 5) is 29.2. The van der Waals surface area contributed by atoms with E-state index >= 15 is 0 Å². The number of hydrogen-bond donors (Lipinski definition) is 2. The number of nitrogens with zero attached hydrogens (tertiary/aromatic N) is 2. The summed E-state index contributed by atoms with van der Waals surface area (Å²) in [5, 5.41) is 5.66. The van der Waals surface area contributed by atoms with Gasteiger partial charge in [0.25, 0.3) is 0 Å². The third-order valence-electron chi connectivity index (χ3n) is 6.10. The first kappa shape index (κ1) is 20.5. The number of piperazine rings is 1. The van der Waals surface area contributed by atoms with Crippen LogP contribution in [0.2, 0.25) is 0 Å². The lowest BCUT2D eigenvalue weighted by Gasteiger charge is -2.39. The van der Waals surface area contributed by atoms with Crippen molar-refractivity contribution in [2.45, 2.75) is 37.8 Å². The molecule has 0 radical (unpaired) electrons. The van der Waals surface area contributed by atoms with Gasteiger partial charge in [-0.25, -0.2) is 0 Å². The molecule has 2 heterocycles. The van der Waals surface area contributed by atoms with E-state index in [9.17, 15) is 9.59 Å². The second-order valence-electron chi connectivity index (χ2n) is 8.05. The summed E-state index contributed by atoms with van der Waals surface area (Å²) in [5.74, 6) is -0.296. The number of carbonyl (C=O) groups is 2. The fourth-order valence-electron chi connectivity index (χ4n) is 4.41. The van der Waals surface area contributed by atoms with Crippen LogP contribution in [-0.2, 0) is 9.59 Å². The van der Waals surface area contributed by atoms with Crippen LogP contribution in [0.15, 0.2) is 53.1 Å². The van der Waals surface area contributed by atoms with Crippen molar-refractivity contribution in [3.8, 4) is 0 Å². The molecular weight excluding hydrogens is 380 g/mol. The number of benzene rings is 1. The van der Waals surface area contributed by atoms with Crippen LogP contribution in [0.4, 0.5) is 5.69 Å². The van der Waals surface area contributed by atoms with Gasteiger partial charge in [0.15, 0.2) is 0 Å². The minimum absolute atomic E-state index is 0.0962. The zero-order valence-corrected chi connectivity index (χ0v) is 17.3. The Morgan fingerprint density at radius 3 is 2.37 bits per heavy atom. The highest BCUT2D eigenvalue weighted by Gasteiger charge is 2.28. The van der Waals surface area contributed by atoms with E-state index in [2.05, 4.69) is 44.7 Å². The topological polar surface area (TPSA) is 77.8 Å². The molecule has 2 fully saturated rings. The maximum absolute atomic E-state index is 12.3. The smallest absolute Gasteiger partial charge is 0.309 e. The quantitative estimate of drug-likeness (QED) is 0.715. The largest absolute Gasteiger partial charge is 0.468 e. The minimum atomic E-state index is -0.568. The van der Waals surface area contributed by atoms with Crippen molar-refractivity contribution in [3.63, 3.8) is 0 Å². The normalized spacial score (nSPS) is 18.9. The third-order valence-corrected chi connectivity index (χ3v) is 6.10. The number of hydrogen-bond acceptors (Lipinski definition) is 5. The monoisotopic (exact) mass is 410 g/mol. The number of amides is 2. The highest BCUT2D eigenvalue weighted by atomic mass is 16.3. The molecule has 1 aromatic heterocycles. The number of para-hydroxylation sites is 1. The summed E-state index contributed by atoms with van der Waals surface area (Å²) in [6, 6.07) is 14.2. The molecule has 1 aliphatic heterocycles. The van der Waals surface area contributed by atoms with E-state index in [1.54, 1.807) is 6.26 Å². The number of furan rings is 1. The molecule has 1 atom stereocenters. The zero-order valence-electron chi connectivity index (χ0n) is 17.3. The van der Waals surface area contributed by atoms with Gasteiger partial charge in [-0.05, 0) is 37.1 Å². The number of rotatable bonds is 6. The van der Waals surface area contributed by atoms with Crippen molar-refractivity contribution >= 4 is 17.5 Å². The van der Waals surface area contributed by atoms with Crippen LogP contribution < -0.4 is 15.5 Å². The van der Waals surface area contributed by atoms with E-state index in [-0.39, 0.29) is 12.1 Å². The summed E-state index contributed by atoms with van der Waals surface area (Å²) < 4.78 is 5.65. The molecular formula is C23H30N4O3. The fraction of sp³-hybridized carbons (Fsp3) is 0.478. The Labute approximate surface area is 177 Å². The first-order chi connectivity index (χ1) is 14.7. The maximum Gasteiger partial charge on any atom is 0.309 e. The molecule has 1 aromatic carbocycles. The lowest BCUT2D eigenvalue weighted by Crippen LogP contribution is -2.51. The second kappa shape index (κ2) is 9.80. The lowest BCUT2D eigenvalue weighted by molar-refractivity contribution is -0.139. The van der Waals surface area contributed by atoms with Crippen molar-refractivity contribution < 1.29 is 14.0 Å². The molecule has 1 saturated carbocycles. The molecule has 2 N–H and O–H groups in total. The molecule has 1 saturated heterocycles. The molecule has 0 spiro atoms. The zero-order chi connectivity index (χ0) is 20.8. The molecule has 4 rings (SSSR count). The molecule has 30 heavy (non-hydrogen) atoms. The highest BCUT2D eigenvalue weighted by Crippen LogP contribution is 2.24. The summed E-state index contributed by atoms with van der Waals surface area (Å²) in [6.07, 6.45) is 5.79. The SMILES string of the molecule is O=C(NC[C@H](c1ccco1)N1CCN(c2ccccc2)CC1)C(=O)NC1CCCC1. The molecule has 7 heteroatoms. The first-order valence-electron chi connectivity index (χ1n) is 10.9. The van der Waals surface area contributed by atoms with Crippen LogP contribution in [0.5, 0.6) is 0 Å². The summed E-state index contributed by atoms with van der Waals surface area (Å²) >= 11 is 0. The average molecular weight is 411 g/mol. The predicted molar refractivity (Wildman–Crippen MR) is 115 cm³/mol. The Bertz CT molecular complexity index is 810. The van der Waals surface area contributed by atoms with Gasteiger partial charge < -0.3 is 20.0 Å². The van der Waals surface area contributed by atoms with Gasteiger partial charge in [0.2, 0.25) is 0 Å². The Kier molecular flexibility index (Phi) is 6.69. The van der Waals surface area contributed by atoms with Crippen LogP contribution >= 0.6 is 0 Å². The van der Waals surface area contributed by atoms with E-state index in [1.807, 2.05) is 18.2 Å². The van der Waals surface area contributed by atoms with Crippen molar-refractivity contribution in [1.82, 2.24) is 15.5 Å². The lowest BCUT2D eigenvalue weighted by atomic mass is 10.1. The van der Waals surface area contributed by atoms with Gasteiger partial charge in [-0.2, -0.15) is 0 Å². The molecule has 2 amide bonds. The molecule has 0 unspecified atom stereocenters. The standard InChI is InChI=1S/C23H30N4O3/c28-22(23(29)25-18-7-4-5-8-18)24-17-20(21-11-6-16-30-21)27-14-12-26(13-15-27)19-9-2-1-3-10-19/h1-3,6,9-11,16,18,20H,4-5,7-8,12-15,17H2,(H,24,28)(H,25,29)/t20-/m1/s1. The molecule has 2 aliphatic rings. The van der Waals surface area contributed by atoms with Gasteiger partial charge in [-0.3, -0.25) is 14.5 Å². The van der Waals surface area contributed by atoms with Gasteiger partial charge in [0.05, 0.1) is 12.3 Å². The average Bonchev–Trinajstić information content (AvgIpc) is 3.49. The third kappa shape index (κ3) is 5.02. The summed E-state index contributed by atoms with van der Waals surface area (Å²) in [6.45, 7) is 3.85. The fourth-order valence-corrected chi connectivity index (χ4v) is 4.41. The second-order valence-corrected chi connectivity index (χ2v) is 8.05. The molecule has 7 nitrogen and oxygen atoms in total. The molecule has 0 bridgehead atoms. The van der Waals surface area contributed by atoms with Gasteiger partial charge >= 0.3 is 11.8 Å². The molecule has 2 aromatic rings. The number of nitrogens with one attached hydrogen (secondary N) is 2. The Morgan fingerprint density at radius 2 is 1.70 bits per heavy atom. The van der Waals surface area contributed by atoms with Gasteiger partial charge in [-0.1, -0.05) is 31.0 Å². The highest BCUT2D eigenvalue weighted by molar-refractivity contribution is 6.35. The van der Waals surface area contributed by atoms with Gasteiger partial charge in [-0.15, -0.1) is 0 Å². The van der Waals surface area contributed by atoms with Crippen LogP contribution in [-0.4, -0.2) is 55.5 Å². The van der Waals surface area contributed by atoms with Gasteiger partial charge in [0.1, 0.15) is 5.76 Å². The first-order valence-corrected chi connectivity index (χ1v) is 10.9. The van der Waals surface area contributed by atoms with E-state index in [0.717, 1.165) is 57.6 Å². The number of anilines is 1. The van der Waals surface area contributed by atoms with Crippen molar-refractivity contribution in [3.05, 3.63) is 54.5 Å². The van der Waals surface area contributed by atoms with Crippen LogP contribution in [0.1, 0.15) is 37.5 Å². The summed E-state index contributed by atoms with van der Waals surface area (Å²) in [7, 11) is 0. The van der Waals surface area contributed by atoms with Crippen molar-refractivity contribution in [1.29, 1.82) is 0 Å². The predicted octanol–water partition coefficient (Wildman–Crippen LogP) is 2.32. The van der Waals surface area contributed by atoms with E-state index in [1.165, 1.54) is 5.69 Å². The van der Waals surface area contributed by atoms with Crippen LogP contribution in [0, 0.1) is 0 Å². The molecule has 1 aliphatic carbocycles. The minimum Gasteiger partial charge on any atom is -0.468 e. The van der Waals surface area contributed by atoms with E-state index < -0.39 is 11.8 Å². The summed E-state index contributed by atoms with van der Waals surface area (Å²) in [5.41, 5.74) is 1.23. The van der Waals surface area contributed by atoms with Crippen molar-refractivity contribution in [2.75, 3.05) is 37.6 Å². The molecule has 160 valence electrons. The van der Waals surface area contributed by atoms with Crippen molar-refractivity contribution in [2.24, 2.45) is 0 Å². The van der Waals surface area contributed by atoms with Gasteiger partial charge in [0, 0.05) is 44.5 Å². The number of carbonyl (C=O) groups excluding carboxylic acids is 2. The van der Waals surface area contributed by atoms with Crippen LogP contribution in [0.25, 0.3) is 0 Å². The van der Waals surface area contributed by atoms with E-state index in [4.69, 9.17) is 4.42 Å². The Balaban J connectivity index is 1.33. The van der Waals surface area contributed by atoms with Crippen LogP contribution in [0.3, 0.4) is 0 Å². The Morgan fingerprint density at radius 1 is 0.967 bits per heavy atom.